The second kappa shape index (κ2) is 11.8. The number of hydrogen-bond acceptors (Lipinski definition) is 3. The molecule has 0 spiro atoms. The van der Waals surface area contributed by atoms with E-state index >= 15 is 0 Å². The first-order valence-corrected chi connectivity index (χ1v) is 12.1. The van der Waals surface area contributed by atoms with Crippen LogP contribution in [-0.4, -0.2) is 19.3 Å². The molecule has 0 amide bonds. The van der Waals surface area contributed by atoms with Gasteiger partial charge in [-0.1, -0.05) is 18.2 Å². The molecule has 3 aromatic carbocycles. The first kappa shape index (κ1) is 26.7. The van der Waals surface area contributed by atoms with E-state index < -0.39 is 29.1 Å². The van der Waals surface area contributed by atoms with Gasteiger partial charge in [-0.05, 0) is 74.6 Å². The van der Waals surface area contributed by atoms with Gasteiger partial charge in [0.2, 0.25) is 11.6 Å². The van der Waals surface area contributed by atoms with Gasteiger partial charge in [0.1, 0.15) is 5.82 Å². The van der Waals surface area contributed by atoms with Crippen LogP contribution < -0.4 is 9.47 Å². The fourth-order valence-corrected chi connectivity index (χ4v) is 4.34. The van der Waals surface area contributed by atoms with Crippen LogP contribution in [0.3, 0.4) is 0 Å². The summed E-state index contributed by atoms with van der Waals surface area (Å²) in [6.45, 7) is 3.86. The van der Waals surface area contributed by atoms with Gasteiger partial charge in [0.25, 0.3) is 0 Å². The van der Waals surface area contributed by atoms with E-state index in [0.29, 0.717) is 30.4 Å². The lowest BCUT2D eigenvalue weighted by molar-refractivity contribution is 0.0358. The molecule has 1 aliphatic carbocycles. The molecular weight excluding hydrogens is 491 g/mol. The summed E-state index contributed by atoms with van der Waals surface area (Å²) in [5, 5.41) is 0. The maximum absolute atomic E-state index is 14.8. The van der Waals surface area contributed by atoms with Crippen molar-refractivity contribution in [2.75, 3.05) is 13.2 Å². The maximum Gasteiger partial charge on any atom is 0.201 e. The van der Waals surface area contributed by atoms with Gasteiger partial charge in [0.05, 0.1) is 25.9 Å². The molecule has 0 radical (unpaired) electrons. The summed E-state index contributed by atoms with van der Waals surface area (Å²) in [5.74, 6) is -5.33. The Morgan fingerprint density at radius 2 is 1.32 bits per heavy atom. The highest BCUT2D eigenvalue weighted by Gasteiger charge is 2.22. The number of ether oxygens (including phenoxy) is 3. The minimum absolute atomic E-state index is 0.0712. The zero-order chi connectivity index (χ0) is 26.5. The minimum atomic E-state index is -1.18. The summed E-state index contributed by atoms with van der Waals surface area (Å²) >= 11 is 0. The molecule has 1 aliphatic rings. The molecule has 0 heterocycles. The van der Waals surface area contributed by atoms with Crippen LogP contribution in [-0.2, 0) is 11.3 Å². The molecule has 196 valence electrons. The van der Waals surface area contributed by atoms with E-state index in [1.807, 2.05) is 6.08 Å². The second-order valence-corrected chi connectivity index (χ2v) is 8.60. The number of rotatable bonds is 9. The highest BCUT2D eigenvalue weighted by molar-refractivity contribution is 5.68. The molecule has 1 atom stereocenters. The molecule has 0 fully saturated rings. The van der Waals surface area contributed by atoms with E-state index in [1.165, 1.54) is 36.4 Å². The SMILES string of the molecule is CCOc1ccc(C2=CCC(OCc3ccc(-c4ccc(OCC)c(F)c4F)c(F)c3)CC2)c(F)c1F. The molecule has 0 aromatic heterocycles. The fourth-order valence-electron chi connectivity index (χ4n) is 4.34. The average Bonchev–Trinajstić information content (AvgIpc) is 2.90. The van der Waals surface area contributed by atoms with Gasteiger partial charge in [-0.3, -0.25) is 0 Å². The summed E-state index contributed by atoms with van der Waals surface area (Å²) in [6.07, 6.45) is 3.20. The number of benzene rings is 3. The van der Waals surface area contributed by atoms with Crippen molar-refractivity contribution in [2.45, 2.75) is 45.8 Å². The van der Waals surface area contributed by atoms with Gasteiger partial charge in [-0.25, -0.2) is 13.2 Å². The van der Waals surface area contributed by atoms with Crippen molar-refractivity contribution in [3.8, 4) is 22.6 Å². The molecule has 3 nitrogen and oxygen atoms in total. The lowest BCUT2D eigenvalue weighted by Crippen LogP contribution is -2.16. The quantitative estimate of drug-likeness (QED) is 0.269. The molecule has 0 N–H and O–H groups in total. The summed E-state index contributed by atoms with van der Waals surface area (Å²) in [7, 11) is 0. The van der Waals surface area contributed by atoms with Crippen LogP contribution in [0.15, 0.2) is 48.5 Å². The van der Waals surface area contributed by atoms with Gasteiger partial charge in [0.15, 0.2) is 23.1 Å². The van der Waals surface area contributed by atoms with E-state index in [1.54, 1.807) is 19.9 Å². The number of halogens is 5. The third-order valence-corrected chi connectivity index (χ3v) is 6.21. The van der Waals surface area contributed by atoms with E-state index in [9.17, 15) is 22.0 Å². The molecule has 3 aromatic rings. The van der Waals surface area contributed by atoms with Crippen LogP contribution >= 0.6 is 0 Å². The molecule has 0 aliphatic heterocycles. The van der Waals surface area contributed by atoms with E-state index in [2.05, 4.69) is 0 Å². The second-order valence-electron chi connectivity index (χ2n) is 8.60. The van der Waals surface area contributed by atoms with Crippen LogP contribution in [0.1, 0.15) is 44.2 Å². The largest absolute Gasteiger partial charge is 0.491 e. The van der Waals surface area contributed by atoms with Crippen LogP contribution in [0.5, 0.6) is 11.5 Å². The van der Waals surface area contributed by atoms with Crippen molar-refractivity contribution in [1.29, 1.82) is 0 Å². The Morgan fingerprint density at radius 1 is 0.730 bits per heavy atom. The van der Waals surface area contributed by atoms with Gasteiger partial charge in [-0.15, -0.1) is 0 Å². The average molecular weight is 519 g/mol. The third-order valence-electron chi connectivity index (χ3n) is 6.21. The molecule has 0 bridgehead atoms. The fraction of sp³-hybridized carbons (Fsp3) is 0.310. The van der Waals surface area contributed by atoms with Crippen molar-refractivity contribution in [3.63, 3.8) is 0 Å². The van der Waals surface area contributed by atoms with Gasteiger partial charge in [0, 0.05) is 16.7 Å². The van der Waals surface area contributed by atoms with Crippen LogP contribution in [0, 0.1) is 29.1 Å². The summed E-state index contributed by atoms with van der Waals surface area (Å²) in [4.78, 5) is 0. The summed E-state index contributed by atoms with van der Waals surface area (Å²) in [6, 6.07) is 9.69. The van der Waals surface area contributed by atoms with Gasteiger partial charge in [-0.2, -0.15) is 8.78 Å². The van der Waals surface area contributed by atoms with Gasteiger partial charge < -0.3 is 14.2 Å². The highest BCUT2D eigenvalue weighted by atomic mass is 19.2. The van der Waals surface area contributed by atoms with E-state index in [-0.39, 0.29) is 54.1 Å². The predicted octanol–water partition coefficient (Wildman–Crippen LogP) is 8.00. The normalized spacial score (nSPS) is 15.4. The van der Waals surface area contributed by atoms with Crippen molar-refractivity contribution in [2.24, 2.45) is 0 Å². The van der Waals surface area contributed by atoms with Crippen molar-refractivity contribution < 1.29 is 36.2 Å². The van der Waals surface area contributed by atoms with Crippen molar-refractivity contribution in [1.82, 2.24) is 0 Å². The Hall–Kier alpha value is -3.39. The predicted molar refractivity (Wildman–Crippen MR) is 131 cm³/mol. The summed E-state index contributed by atoms with van der Waals surface area (Å²) in [5.41, 5.74) is 1.16. The van der Waals surface area contributed by atoms with Crippen molar-refractivity contribution >= 4 is 5.57 Å². The van der Waals surface area contributed by atoms with E-state index in [0.717, 1.165) is 0 Å². The minimum Gasteiger partial charge on any atom is -0.491 e. The number of hydrogen-bond donors (Lipinski definition) is 0. The van der Waals surface area contributed by atoms with Crippen molar-refractivity contribution in [3.05, 3.63) is 88.8 Å². The maximum atomic E-state index is 14.8. The number of allylic oxidation sites excluding steroid dienone is 1. The molecule has 0 saturated carbocycles. The lowest BCUT2D eigenvalue weighted by atomic mass is 9.91. The van der Waals surface area contributed by atoms with E-state index in [4.69, 9.17) is 14.2 Å². The molecule has 1 unspecified atom stereocenters. The first-order valence-electron chi connectivity index (χ1n) is 12.1. The van der Waals surface area contributed by atoms with Crippen LogP contribution in [0.25, 0.3) is 16.7 Å². The third kappa shape index (κ3) is 5.80. The Bertz CT molecular complexity index is 1310. The highest BCUT2D eigenvalue weighted by Crippen LogP contribution is 2.34. The Labute approximate surface area is 212 Å². The van der Waals surface area contributed by atoms with Crippen LogP contribution in [0.2, 0.25) is 0 Å². The lowest BCUT2D eigenvalue weighted by Gasteiger charge is -2.23. The topological polar surface area (TPSA) is 27.7 Å². The first-order chi connectivity index (χ1) is 17.8. The smallest absolute Gasteiger partial charge is 0.201 e. The molecular formula is C29H27F5O3. The molecule has 0 saturated heterocycles. The Kier molecular flexibility index (Phi) is 8.48. The van der Waals surface area contributed by atoms with Crippen LogP contribution in [0.4, 0.5) is 22.0 Å². The van der Waals surface area contributed by atoms with Gasteiger partial charge >= 0.3 is 0 Å². The Balaban J connectivity index is 1.40. The summed E-state index contributed by atoms with van der Waals surface area (Å²) < 4.78 is 88.3. The Morgan fingerprint density at radius 3 is 1.89 bits per heavy atom. The molecule has 4 rings (SSSR count). The standard InChI is InChI=1S/C29H27F5O3/c1-3-35-24-13-11-20(26(31)28(24)33)18-6-8-19(9-7-18)37-16-17-5-10-21(23(30)15-17)22-12-14-25(36-4-2)29(34)27(22)32/h5-6,10-15,19H,3-4,7-9,16H2,1-2H3. The molecule has 37 heavy (non-hydrogen) atoms. The molecule has 8 heteroatoms. The monoisotopic (exact) mass is 518 g/mol. The zero-order valence-corrected chi connectivity index (χ0v) is 20.6. The zero-order valence-electron chi connectivity index (χ0n) is 20.6.